The van der Waals surface area contributed by atoms with Gasteiger partial charge in [-0.2, -0.15) is 0 Å². The molecular weight excluding hydrogens is 237 g/mol. The molecule has 0 aromatic heterocycles. The van der Waals surface area contributed by atoms with Gasteiger partial charge in [-0.25, -0.2) is 4.39 Å². The first-order valence-corrected chi connectivity index (χ1v) is 5.82. The maximum Gasteiger partial charge on any atom is 0.258 e. The van der Waals surface area contributed by atoms with Crippen molar-refractivity contribution in [3.63, 3.8) is 0 Å². The van der Waals surface area contributed by atoms with Gasteiger partial charge < -0.3 is 15.2 Å². The Labute approximate surface area is 106 Å². The summed E-state index contributed by atoms with van der Waals surface area (Å²) in [6, 6.07) is 5.57. The van der Waals surface area contributed by atoms with Crippen LogP contribution in [0, 0.1) is 11.7 Å². The van der Waals surface area contributed by atoms with E-state index in [4.69, 9.17) is 9.84 Å². The summed E-state index contributed by atoms with van der Waals surface area (Å²) in [5, 5.41) is 11.7. The molecule has 0 fully saturated rings. The van der Waals surface area contributed by atoms with Gasteiger partial charge in [0.15, 0.2) is 18.2 Å². The quantitative estimate of drug-likeness (QED) is 0.806. The van der Waals surface area contributed by atoms with Crippen molar-refractivity contribution in [3.8, 4) is 5.75 Å². The largest absolute Gasteiger partial charge is 0.481 e. The number of aliphatic hydroxyl groups is 1. The predicted molar refractivity (Wildman–Crippen MR) is 65.7 cm³/mol. The molecular formula is C13H18FNO3. The number of halogens is 1. The fraction of sp³-hybridized carbons (Fsp3) is 0.462. The van der Waals surface area contributed by atoms with Crippen molar-refractivity contribution in [2.24, 2.45) is 5.92 Å². The van der Waals surface area contributed by atoms with Crippen LogP contribution in [0.4, 0.5) is 4.39 Å². The molecule has 1 amide bonds. The fourth-order valence-electron chi connectivity index (χ4n) is 1.38. The first-order valence-electron chi connectivity index (χ1n) is 5.82. The van der Waals surface area contributed by atoms with E-state index in [1.54, 1.807) is 12.1 Å². The lowest BCUT2D eigenvalue weighted by Gasteiger charge is -2.19. The number of carbonyl (C=O) groups excluding carboxylic acids is 1. The molecule has 1 aromatic rings. The van der Waals surface area contributed by atoms with Crippen LogP contribution in [-0.4, -0.2) is 30.3 Å². The number of ether oxygens (including phenoxy) is 1. The molecule has 0 saturated heterocycles. The fourth-order valence-corrected chi connectivity index (χ4v) is 1.38. The molecule has 0 saturated carbocycles. The van der Waals surface area contributed by atoms with Gasteiger partial charge in [0.05, 0.1) is 12.6 Å². The Morgan fingerprint density at radius 1 is 1.44 bits per heavy atom. The van der Waals surface area contributed by atoms with E-state index in [0.717, 1.165) is 0 Å². The molecule has 0 spiro atoms. The Kier molecular flexibility index (Phi) is 5.58. The van der Waals surface area contributed by atoms with Gasteiger partial charge in [-0.15, -0.1) is 0 Å². The lowest BCUT2D eigenvalue weighted by molar-refractivity contribution is -0.124. The van der Waals surface area contributed by atoms with Gasteiger partial charge in [0.2, 0.25) is 0 Å². The first kappa shape index (κ1) is 14.4. The predicted octanol–water partition coefficient (Wildman–Crippen LogP) is 1.34. The van der Waals surface area contributed by atoms with Crippen LogP contribution in [0.2, 0.25) is 0 Å². The van der Waals surface area contributed by atoms with Crippen LogP contribution in [0.15, 0.2) is 24.3 Å². The Morgan fingerprint density at radius 3 is 2.67 bits per heavy atom. The smallest absolute Gasteiger partial charge is 0.258 e. The molecule has 0 radical (unpaired) electrons. The highest BCUT2D eigenvalue weighted by atomic mass is 19.1. The van der Waals surface area contributed by atoms with E-state index < -0.39 is 5.82 Å². The van der Waals surface area contributed by atoms with Crippen LogP contribution in [0.5, 0.6) is 5.75 Å². The number of aliphatic hydroxyl groups excluding tert-OH is 1. The molecule has 1 atom stereocenters. The van der Waals surface area contributed by atoms with E-state index in [0.29, 0.717) is 0 Å². The summed E-state index contributed by atoms with van der Waals surface area (Å²) in [4.78, 5) is 11.5. The number of rotatable bonds is 6. The van der Waals surface area contributed by atoms with Gasteiger partial charge >= 0.3 is 0 Å². The zero-order valence-electron chi connectivity index (χ0n) is 10.5. The van der Waals surface area contributed by atoms with Crippen LogP contribution >= 0.6 is 0 Å². The van der Waals surface area contributed by atoms with E-state index in [1.165, 1.54) is 12.1 Å². The summed E-state index contributed by atoms with van der Waals surface area (Å²) in [5.74, 6) is -0.732. The van der Waals surface area contributed by atoms with Gasteiger partial charge in [0.25, 0.3) is 5.91 Å². The third kappa shape index (κ3) is 4.33. The van der Waals surface area contributed by atoms with Crippen molar-refractivity contribution in [3.05, 3.63) is 30.1 Å². The van der Waals surface area contributed by atoms with Crippen LogP contribution < -0.4 is 10.1 Å². The summed E-state index contributed by atoms with van der Waals surface area (Å²) in [6.07, 6.45) is 0. The van der Waals surface area contributed by atoms with Crippen molar-refractivity contribution in [1.82, 2.24) is 5.32 Å². The molecule has 0 aliphatic rings. The number of hydrogen-bond acceptors (Lipinski definition) is 3. The molecule has 18 heavy (non-hydrogen) atoms. The van der Waals surface area contributed by atoms with Crippen LogP contribution in [0.3, 0.4) is 0 Å². The van der Waals surface area contributed by atoms with Crippen molar-refractivity contribution >= 4 is 5.91 Å². The van der Waals surface area contributed by atoms with Crippen molar-refractivity contribution in [2.75, 3.05) is 13.2 Å². The molecule has 0 aliphatic carbocycles. The molecule has 2 N–H and O–H groups in total. The van der Waals surface area contributed by atoms with E-state index in [9.17, 15) is 9.18 Å². The summed E-state index contributed by atoms with van der Waals surface area (Å²) < 4.78 is 18.3. The van der Waals surface area contributed by atoms with E-state index in [1.807, 2.05) is 13.8 Å². The molecule has 1 rings (SSSR count). The molecule has 4 nitrogen and oxygen atoms in total. The van der Waals surface area contributed by atoms with Crippen molar-refractivity contribution < 1.29 is 19.0 Å². The van der Waals surface area contributed by atoms with Gasteiger partial charge in [-0.05, 0) is 18.1 Å². The minimum Gasteiger partial charge on any atom is -0.481 e. The van der Waals surface area contributed by atoms with E-state index >= 15 is 0 Å². The summed E-state index contributed by atoms with van der Waals surface area (Å²) in [5.41, 5.74) is 0. The number of amides is 1. The van der Waals surface area contributed by atoms with Crippen LogP contribution in [0.25, 0.3) is 0 Å². The second kappa shape index (κ2) is 6.96. The number of nitrogens with one attached hydrogen (secondary N) is 1. The van der Waals surface area contributed by atoms with E-state index in [2.05, 4.69) is 5.32 Å². The number of benzene rings is 1. The van der Waals surface area contributed by atoms with Gasteiger partial charge in [-0.1, -0.05) is 26.0 Å². The molecule has 0 aliphatic heterocycles. The standard InChI is InChI=1S/C13H18FNO3/c1-9(2)11(7-16)15-13(17)8-18-12-6-4-3-5-10(12)14/h3-6,9,11,16H,7-8H2,1-2H3,(H,15,17). The molecule has 100 valence electrons. The highest BCUT2D eigenvalue weighted by Gasteiger charge is 2.15. The average Bonchev–Trinajstić information content (AvgIpc) is 2.34. The van der Waals surface area contributed by atoms with Gasteiger partial charge in [0.1, 0.15) is 0 Å². The summed E-state index contributed by atoms with van der Waals surface area (Å²) in [6.45, 7) is 3.37. The lowest BCUT2D eigenvalue weighted by Crippen LogP contribution is -2.43. The van der Waals surface area contributed by atoms with Gasteiger partial charge in [-0.3, -0.25) is 4.79 Å². The maximum atomic E-state index is 13.2. The maximum absolute atomic E-state index is 13.2. The third-order valence-electron chi connectivity index (χ3n) is 2.54. The monoisotopic (exact) mass is 255 g/mol. The SMILES string of the molecule is CC(C)C(CO)NC(=O)COc1ccccc1F. The molecule has 0 heterocycles. The zero-order valence-corrected chi connectivity index (χ0v) is 10.5. The normalized spacial score (nSPS) is 12.3. The highest BCUT2D eigenvalue weighted by Crippen LogP contribution is 2.14. The van der Waals surface area contributed by atoms with Gasteiger partial charge in [0, 0.05) is 0 Å². The summed E-state index contributed by atoms with van der Waals surface area (Å²) in [7, 11) is 0. The third-order valence-corrected chi connectivity index (χ3v) is 2.54. The Balaban J connectivity index is 2.44. The lowest BCUT2D eigenvalue weighted by atomic mass is 10.1. The highest BCUT2D eigenvalue weighted by molar-refractivity contribution is 5.77. The molecule has 1 aromatic carbocycles. The second-order valence-electron chi connectivity index (χ2n) is 4.32. The first-order chi connectivity index (χ1) is 8.54. The Morgan fingerprint density at radius 2 is 2.11 bits per heavy atom. The topological polar surface area (TPSA) is 58.6 Å². The molecule has 0 bridgehead atoms. The summed E-state index contributed by atoms with van der Waals surface area (Å²) >= 11 is 0. The van der Waals surface area contributed by atoms with Crippen LogP contribution in [-0.2, 0) is 4.79 Å². The minimum atomic E-state index is -0.507. The second-order valence-corrected chi connectivity index (χ2v) is 4.32. The van der Waals surface area contributed by atoms with E-state index in [-0.39, 0.29) is 36.8 Å². The van der Waals surface area contributed by atoms with Crippen molar-refractivity contribution in [2.45, 2.75) is 19.9 Å². The zero-order chi connectivity index (χ0) is 13.5. The Hall–Kier alpha value is -1.62. The minimum absolute atomic E-state index is 0.0396. The molecule has 5 heteroatoms. The number of carbonyl (C=O) groups is 1. The molecule has 1 unspecified atom stereocenters. The number of hydrogen-bond donors (Lipinski definition) is 2. The average molecular weight is 255 g/mol. The Bertz CT molecular complexity index is 396. The van der Waals surface area contributed by atoms with Crippen LogP contribution in [0.1, 0.15) is 13.8 Å². The number of para-hydroxylation sites is 1. The van der Waals surface area contributed by atoms with Crippen molar-refractivity contribution in [1.29, 1.82) is 0 Å².